The zero-order valence-corrected chi connectivity index (χ0v) is 16.4. The highest BCUT2D eigenvalue weighted by molar-refractivity contribution is 7.15. The van der Waals surface area contributed by atoms with Gasteiger partial charge in [-0.1, -0.05) is 6.07 Å². The molecule has 0 radical (unpaired) electrons. The Labute approximate surface area is 164 Å². The summed E-state index contributed by atoms with van der Waals surface area (Å²) < 4.78 is 0. The largest absolute Gasteiger partial charge is 0.330 e. The number of nitrogens with zero attached hydrogens (tertiary/aromatic N) is 3. The number of nitrogens with two attached hydrogens (primary N) is 1. The lowest BCUT2D eigenvalue weighted by Crippen LogP contribution is -2.20. The van der Waals surface area contributed by atoms with Crippen molar-refractivity contribution in [2.75, 3.05) is 11.9 Å². The van der Waals surface area contributed by atoms with Crippen molar-refractivity contribution in [1.29, 1.82) is 0 Å². The molecule has 5 nitrogen and oxygen atoms in total. The first-order valence-corrected chi connectivity index (χ1v) is 10.4. The first-order chi connectivity index (χ1) is 13.2. The Bertz CT molecular complexity index is 899. The zero-order valence-electron chi connectivity index (χ0n) is 15.6. The van der Waals surface area contributed by atoms with Crippen molar-refractivity contribution in [3.8, 4) is 10.6 Å². The van der Waals surface area contributed by atoms with Gasteiger partial charge in [-0.25, -0.2) is 15.0 Å². The maximum absolute atomic E-state index is 5.81. The molecule has 3 N–H and O–H groups in total. The van der Waals surface area contributed by atoms with Crippen molar-refractivity contribution in [3.05, 3.63) is 53.3 Å². The molecule has 6 heteroatoms. The van der Waals surface area contributed by atoms with E-state index >= 15 is 0 Å². The van der Waals surface area contributed by atoms with Crippen LogP contribution in [0.15, 0.2) is 42.7 Å². The van der Waals surface area contributed by atoms with Crippen LogP contribution in [0.4, 0.5) is 11.6 Å². The van der Waals surface area contributed by atoms with Gasteiger partial charge in [0.2, 0.25) is 0 Å². The minimum atomic E-state index is 0.573. The van der Waals surface area contributed by atoms with Crippen LogP contribution in [0.25, 0.3) is 10.6 Å². The number of pyridine rings is 2. The van der Waals surface area contributed by atoms with E-state index in [2.05, 4.69) is 17.2 Å². The second-order valence-corrected chi connectivity index (χ2v) is 8.33. The third kappa shape index (κ3) is 4.34. The monoisotopic (exact) mass is 379 g/mol. The molecule has 3 heterocycles. The van der Waals surface area contributed by atoms with E-state index in [1.807, 2.05) is 36.5 Å². The predicted molar refractivity (Wildman–Crippen MR) is 111 cm³/mol. The lowest BCUT2D eigenvalue weighted by molar-refractivity contribution is 0.332. The van der Waals surface area contributed by atoms with Gasteiger partial charge in [0.1, 0.15) is 11.6 Å². The van der Waals surface area contributed by atoms with Crippen LogP contribution >= 0.6 is 11.3 Å². The normalized spacial score (nSPS) is 19.8. The van der Waals surface area contributed by atoms with Crippen molar-refractivity contribution >= 4 is 23.0 Å². The average Bonchev–Trinajstić information content (AvgIpc) is 3.19. The molecule has 0 saturated heterocycles. The van der Waals surface area contributed by atoms with Gasteiger partial charge in [0, 0.05) is 18.3 Å². The molecule has 1 saturated carbocycles. The van der Waals surface area contributed by atoms with E-state index < -0.39 is 0 Å². The second-order valence-electron chi connectivity index (χ2n) is 7.27. The number of hydrogen-bond acceptors (Lipinski definition) is 6. The fourth-order valence-electron chi connectivity index (χ4n) is 3.62. The van der Waals surface area contributed by atoms with Crippen LogP contribution in [0.3, 0.4) is 0 Å². The highest BCUT2D eigenvalue weighted by Gasteiger charge is 2.24. The van der Waals surface area contributed by atoms with Crippen LogP contribution in [0.5, 0.6) is 0 Å². The lowest BCUT2D eigenvalue weighted by Gasteiger charge is -2.26. The molecule has 0 spiro atoms. The van der Waals surface area contributed by atoms with Crippen molar-refractivity contribution < 1.29 is 0 Å². The van der Waals surface area contributed by atoms with Crippen LogP contribution in [0.2, 0.25) is 0 Å². The molecule has 0 unspecified atom stereocenters. The van der Waals surface area contributed by atoms with Crippen molar-refractivity contribution in [2.24, 2.45) is 11.7 Å². The van der Waals surface area contributed by atoms with Gasteiger partial charge in [0.15, 0.2) is 0 Å². The molecule has 1 aliphatic carbocycles. The van der Waals surface area contributed by atoms with Crippen molar-refractivity contribution in [2.45, 2.75) is 38.5 Å². The fraction of sp³-hybridized carbons (Fsp3) is 0.381. The SMILES string of the molecule is Cc1ccnc(Nc2cccc(-c3cnc(C4CCC(CN)CC4)s3)n2)c1. The summed E-state index contributed by atoms with van der Waals surface area (Å²) in [6.45, 7) is 2.87. The minimum Gasteiger partial charge on any atom is -0.330 e. The smallest absolute Gasteiger partial charge is 0.132 e. The third-order valence-corrected chi connectivity index (χ3v) is 6.41. The van der Waals surface area contributed by atoms with E-state index in [-0.39, 0.29) is 0 Å². The van der Waals surface area contributed by atoms with Crippen LogP contribution in [-0.4, -0.2) is 21.5 Å². The molecular formula is C21H25N5S. The predicted octanol–water partition coefficient (Wildman–Crippen LogP) is 4.88. The van der Waals surface area contributed by atoms with E-state index in [0.29, 0.717) is 11.8 Å². The summed E-state index contributed by atoms with van der Waals surface area (Å²) in [6, 6.07) is 10.0. The van der Waals surface area contributed by atoms with Gasteiger partial charge in [-0.2, -0.15) is 0 Å². The second kappa shape index (κ2) is 8.15. The van der Waals surface area contributed by atoms with Crippen LogP contribution < -0.4 is 11.1 Å². The number of aromatic nitrogens is 3. The average molecular weight is 380 g/mol. The molecule has 3 aromatic rings. The highest BCUT2D eigenvalue weighted by Crippen LogP contribution is 2.39. The Kier molecular flexibility index (Phi) is 5.45. The number of nitrogens with one attached hydrogen (secondary N) is 1. The minimum absolute atomic E-state index is 0.573. The van der Waals surface area contributed by atoms with E-state index in [0.717, 1.165) is 28.8 Å². The molecule has 0 amide bonds. The van der Waals surface area contributed by atoms with Crippen LogP contribution in [0, 0.1) is 12.8 Å². The van der Waals surface area contributed by atoms with Gasteiger partial charge in [0.25, 0.3) is 0 Å². The maximum Gasteiger partial charge on any atom is 0.132 e. The first kappa shape index (κ1) is 18.1. The summed E-state index contributed by atoms with van der Waals surface area (Å²) in [5.41, 5.74) is 7.93. The third-order valence-electron chi connectivity index (χ3n) is 5.23. The number of aryl methyl sites for hydroxylation is 1. The molecule has 1 aliphatic rings. The van der Waals surface area contributed by atoms with Gasteiger partial charge < -0.3 is 11.1 Å². The molecule has 0 aromatic carbocycles. The van der Waals surface area contributed by atoms with Gasteiger partial charge in [-0.05, 0) is 74.9 Å². The molecule has 4 rings (SSSR count). The van der Waals surface area contributed by atoms with Gasteiger partial charge >= 0.3 is 0 Å². The van der Waals surface area contributed by atoms with Gasteiger partial charge in [-0.15, -0.1) is 11.3 Å². The Morgan fingerprint density at radius 3 is 2.74 bits per heavy atom. The molecule has 140 valence electrons. The Morgan fingerprint density at radius 1 is 1.11 bits per heavy atom. The van der Waals surface area contributed by atoms with Gasteiger partial charge in [0.05, 0.1) is 15.6 Å². The van der Waals surface area contributed by atoms with Crippen molar-refractivity contribution in [1.82, 2.24) is 15.0 Å². The van der Waals surface area contributed by atoms with E-state index in [9.17, 15) is 0 Å². The molecule has 0 atom stereocenters. The molecule has 0 bridgehead atoms. The van der Waals surface area contributed by atoms with E-state index in [4.69, 9.17) is 15.7 Å². The summed E-state index contributed by atoms with van der Waals surface area (Å²) in [5.74, 6) is 2.87. The zero-order chi connectivity index (χ0) is 18.6. The standard InChI is InChI=1S/C21H25N5S/c1-14-9-10-23-20(11-14)26-19-4-2-3-17(25-19)18-13-24-21(27-18)16-7-5-15(12-22)6-8-16/h2-4,9-11,13,15-16H,5-8,12,22H2,1H3,(H,23,25,26). The molecule has 27 heavy (non-hydrogen) atoms. The van der Waals surface area contributed by atoms with Crippen LogP contribution in [0.1, 0.15) is 42.2 Å². The summed E-state index contributed by atoms with van der Waals surface area (Å²) >= 11 is 1.77. The quantitative estimate of drug-likeness (QED) is 0.660. The number of thiazole rings is 1. The summed E-state index contributed by atoms with van der Waals surface area (Å²) in [7, 11) is 0. The number of anilines is 2. The first-order valence-electron chi connectivity index (χ1n) is 9.54. The Morgan fingerprint density at radius 2 is 1.96 bits per heavy atom. The van der Waals surface area contributed by atoms with Crippen LogP contribution in [-0.2, 0) is 0 Å². The maximum atomic E-state index is 5.81. The topological polar surface area (TPSA) is 76.7 Å². The Hall–Kier alpha value is -2.31. The fourth-order valence-corrected chi connectivity index (χ4v) is 4.67. The molecule has 0 aliphatic heterocycles. The summed E-state index contributed by atoms with van der Waals surface area (Å²) in [5, 5.41) is 4.52. The Balaban J connectivity index is 1.49. The van der Waals surface area contributed by atoms with E-state index in [1.165, 1.54) is 36.3 Å². The van der Waals surface area contributed by atoms with E-state index in [1.54, 1.807) is 17.5 Å². The molecule has 3 aromatic heterocycles. The molecular weight excluding hydrogens is 354 g/mol. The highest BCUT2D eigenvalue weighted by atomic mass is 32.1. The summed E-state index contributed by atoms with van der Waals surface area (Å²) in [4.78, 5) is 14.9. The summed E-state index contributed by atoms with van der Waals surface area (Å²) in [6.07, 6.45) is 8.60. The molecule has 1 fully saturated rings. The number of hydrogen-bond donors (Lipinski definition) is 2. The van der Waals surface area contributed by atoms with Crippen molar-refractivity contribution in [3.63, 3.8) is 0 Å². The van der Waals surface area contributed by atoms with Gasteiger partial charge in [-0.3, -0.25) is 0 Å². The lowest BCUT2D eigenvalue weighted by atomic mass is 9.82. The number of rotatable bonds is 5.